The predicted octanol–water partition coefficient (Wildman–Crippen LogP) is 5.39. The molecule has 1 heterocycles. The number of amides is 2. The van der Waals surface area contributed by atoms with Crippen LogP contribution < -0.4 is 10.2 Å². The molecule has 4 rings (SSSR count). The second kappa shape index (κ2) is 8.71. The molecule has 1 aliphatic rings. The number of hydrogen-bond acceptors (Lipinski definition) is 3. The Kier molecular flexibility index (Phi) is 5.86. The Morgan fingerprint density at radius 3 is 2.53 bits per heavy atom. The maximum atomic E-state index is 13.2. The highest BCUT2D eigenvalue weighted by atomic mass is 32.2. The van der Waals surface area contributed by atoms with Crippen LogP contribution in [0.25, 0.3) is 0 Å². The molecular weight excluding hydrogens is 399 g/mol. The monoisotopic (exact) mass is 420 g/mol. The lowest BCUT2D eigenvalue weighted by atomic mass is 9.98. The molecule has 3 aromatic carbocycles. The van der Waals surface area contributed by atoms with Gasteiger partial charge in [0, 0.05) is 33.9 Å². The van der Waals surface area contributed by atoms with Crippen molar-refractivity contribution < 1.29 is 14.0 Å². The molecule has 4 nitrogen and oxygen atoms in total. The summed E-state index contributed by atoms with van der Waals surface area (Å²) in [6, 6.07) is 18.7. The number of aryl methyl sites for hydroxylation is 1. The summed E-state index contributed by atoms with van der Waals surface area (Å²) in [5.74, 6) is -0.718. The van der Waals surface area contributed by atoms with Gasteiger partial charge in [-0.2, -0.15) is 0 Å². The molecule has 1 aliphatic heterocycles. The van der Waals surface area contributed by atoms with E-state index in [9.17, 15) is 14.0 Å². The van der Waals surface area contributed by atoms with Crippen LogP contribution in [0.5, 0.6) is 0 Å². The first-order valence-corrected chi connectivity index (χ1v) is 10.9. The van der Waals surface area contributed by atoms with Gasteiger partial charge in [-0.1, -0.05) is 6.07 Å². The van der Waals surface area contributed by atoms with E-state index in [0.717, 1.165) is 34.7 Å². The minimum Gasteiger partial charge on any atom is -0.322 e. The summed E-state index contributed by atoms with van der Waals surface area (Å²) in [4.78, 5) is 28.4. The highest BCUT2D eigenvalue weighted by Gasteiger charge is 2.24. The van der Waals surface area contributed by atoms with E-state index < -0.39 is 0 Å². The molecule has 0 saturated carbocycles. The molecule has 6 heteroatoms. The van der Waals surface area contributed by atoms with Crippen molar-refractivity contribution in [2.75, 3.05) is 23.0 Å². The van der Waals surface area contributed by atoms with E-state index in [0.29, 0.717) is 17.7 Å². The second-order valence-electron chi connectivity index (χ2n) is 7.10. The van der Waals surface area contributed by atoms with E-state index in [2.05, 4.69) is 5.32 Å². The first-order valence-electron chi connectivity index (χ1n) is 9.71. The largest absolute Gasteiger partial charge is 0.322 e. The van der Waals surface area contributed by atoms with Crippen molar-refractivity contribution in [1.29, 1.82) is 0 Å². The lowest BCUT2D eigenvalue weighted by Crippen LogP contribution is -2.35. The summed E-state index contributed by atoms with van der Waals surface area (Å²) in [5.41, 5.74) is 3.51. The van der Waals surface area contributed by atoms with Gasteiger partial charge in [0.05, 0.1) is 0 Å². The number of carbonyl (C=O) groups is 2. The first-order chi connectivity index (χ1) is 14.5. The first kappa shape index (κ1) is 20.2. The molecule has 0 fully saturated rings. The fraction of sp³-hybridized carbons (Fsp3) is 0.167. The van der Waals surface area contributed by atoms with Gasteiger partial charge in [-0.3, -0.25) is 9.59 Å². The van der Waals surface area contributed by atoms with Gasteiger partial charge in [0.1, 0.15) is 5.82 Å². The van der Waals surface area contributed by atoms with Crippen LogP contribution in [-0.4, -0.2) is 24.6 Å². The van der Waals surface area contributed by atoms with Crippen molar-refractivity contribution in [3.63, 3.8) is 0 Å². The molecule has 1 N–H and O–H groups in total. The summed E-state index contributed by atoms with van der Waals surface area (Å²) in [6.45, 7) is 0.593. The average molecular weight is 421 g/mol. The predicted molar refractivity (Wildman–Crippen MR) is 119 cm³/mol. The quantitative estimate of drug-likeness (QED) is 0.576. The number of hydrogen-bond donors (Lipinski definition) is 1. The van der Waals surface area contributed by atoms with Crippen molar-refractivity contribution in [3.8, 4) is 0 Å². The Labute approximate surface area is 179 Å². The number of nitrogens with one attached hydrogen (secondary N) is 1. The molecule has 3 aromatic rings. The van der Waals surface area contributed by atoms with E-state index in [1.54, 1.807) is 22.7 Å². The zero-order chi connectivity index (χ0) is 21.1. The average Bonchev–Trinajstić information content (AvgIpc) is 2.78. The molecule has 0 aliphatic carbocycles. The van der Waals surface area contributed by atoms with E-state index in [1.807, 2.05) is 42.7 Å². The normalized spacial score (nSPS) is 12.9. The summed E-state index contributed by atoms with van der Waals surface area (Å²) in [7, 11) is 0. The number of benzene rings is 3. The molecule has 0 radical (unpaired) electrons. The van der Waals surface area contributed by atoms with E-state index in [1.165, 1.54) is 24.3 Å². The Hall–Kier alpha value is -3.12. The van der Waals surface area contributed by atoms with Crippen LogP contribution in [0.2, 0.25) is 0 Å². The van der Waals surface area contributed by atoms with Crippen LogP contribution in [0.3, 0.4) is 0 Å². The minimum absolute atomic E-state index is 0.165. The third-order valence-electron chi connectivity index (χ3n) is 5.12. The van der Waals surface area contributed by atoms with Crippen LogP contribution in [0, 0.1) is 5.82 Å². The zero-order valence-electron chi connectivity index (χ0n) is 16.5. The van der Waals surface area contributed by atoms with E-state index in [-0.39, 0.29) is 17.6 Å². The van der Waals surface area contributed by atoms with Crippen LogP contribution >= 0.6 is 11.8 Å². The molecule has 0 spiro atoms. The van der Waals surface area contributed by atoms with Crippen LogP contribution in [-0.2, 0) is 6.42 Å². The number of thioether (sulfide) groups is 1. The minimum atomic E-state index is -0.371. The van der Waals surface area contributed by atoms with Crippen molar-refractivity contribution in [3.05, 3.63) is 89.2 Å². The molecule has 0 atom stereocenters. The highest BCUT2D eigenvalue weighted by Crippen LogP contribution is 2.30. The Bertz CT molecular complexity index is 1100. The fourth-order valence-corrected chi connectivity index (χ4v) is 4.06. The molecular formula is C24H21FN2O2S. The summed E-state index contributed by atoms with van der Waals surface area (Å²) in [6.07, 6.45) is 3.59. The van der Waals surface area contributed by atoms with Crippen molar-refractivity contribution in [2.45, 2.75) is 17.7 Å². The SMILES string of the molecule is CSc1cccc(NC(=O)c2ccc3c(c2)CCCN3C(=O)c2ccc(F)cc2)c1. The van der Waals surface area contributed by atoms with E-state index in [4.69, 9.17) is 0 Å². The lowest BCUT2D eigenvalue weighted by Gasteiger charge is -2.30. The number of nitrogens with zero attached hydrogens (tertiary/aromatic N) is 1. The van der Waals surface area contributed by atoms with E-state index >= 15 is 0 Å². The number of halogens is 1. The Morgan fingerprint density at radius 2 is 1.77 bits per heavy atom. The van der Waals surface area contributed by atoms with Crippen molar-refractivity contribution in [2.24, 2.45) is 0 Å². The smallest absolute Gasteiger partial charge is 0.258 e. The number of carbonyl (C=O) groups excluding carboxylic acids is 2. The third-order valence-corrected chi connectivity index (χ3v) is 5.85. The van der Waals surface area contributed by atoms with Gasteiger partial charge in [0.2, 0.25) is 0 Å². The van der Waals surface area contributed by atoms with Gasteiger partial charge in [0.25, 0.3) is 11.8 Å². The number of rotatable bonds is 4. The highest BCUT2D eigenvalue weighted by molar-refractivity contribution is 7.98. The number of fused-ring (bicyclic) bond motifs is 1. The molecule has 0 unspecified atom stereocenters. The standard InChI is InChI=1S/C24H21FN2O2S/c1-30-21-6-2-5-20(15-21)26-23(28)18-9-12-22-17(14-18)4-3-13-27(22)24(29)16-7-10-19(25)11-8-16/h2,5-12,14-15H,3-4,13H2,1H3,(H,26,28). The summed E-state index contributed by atoms with van der Waals surface area (Å²) in [5, 5.41) is 2.94. The Morgan fingerprint density at radius 1 is 1.00 bits per heavy atom. The van der Waals surface area contributed by atoms with Gasteiger partial charge in [-0.25, -0.2) is 4.39 Å². The molecule has 2 amide bonds. The van der Waals surface area contributed by atoms with Gasteiger partial charge < -0.3 is 10.2 Å². The van der Waals surface area contributed by atoms with Gasteiger partial charge in [-0.15, -0.1) is 11.8 Å². The van der Waals surface area contributed by atoms with Gasteiger partial charge in [-0.05, 0) is 85.3 Å². The van der Waals surface area contributed by atoms with Crippen molar-refractivity contribution >= 4 is 35.0 Å². The topological polar surface area (TPSA) is 49.4 Å². The number of anilines is 2. The van der Waals surface area contributed by atoms with Crippen molar-refractivity contribution in [1.82, 2.24) is 0 Å². The maximum Gasteiger partial charge on any atom is 0.258 e. The van der Waals surface area contributed by atoms with Crippen LogP contribution in [0.15, 0.2) is 71.6 Å². The molecule has 0 saturated heterocycles. The van der Waals surface area contributed by atoms with Gasteiger partial charge in [0.15, 0.2) is 0 Å². The molecule has 30 heavy (non-hydrogen) atoms. The summed E-state index contributed by atoms with van der Waals surface area (Å²) >= 11 is 1.62. The Balaban J connectivity index is 1.56. The maximum absolute atomic E-state index is 13.2. The third kappa shape index (κ3) is 4.24. The fourth-order valence-electron chi connectivity index (χ4n) is 3.60. The summed E-state index contributed by atoms with van der Waals surface area (Å²) < 4.78 is 13.2. The molecule has 0 aromatic heterocycles. The second-order valence-corrected chi connectivity index (χ2v) is 7.98. The van der Waals surface area contributed by atoms with Crippen LogP contribution in [0.4, 0.5) is 15.8 Å². The van der Waals surface area contributed by atoms with Gasteiger partial charge >= 0.3 is 0 Å². The molecule has 0 bridgehead atoms. The zero-order valence-corrected chi connectivity index (χ0v) is 17.3. The lowest BCUT2D eigenvalue weighted by molar-refractivity contribution is 0.0984. The van der Waals surface area contributed by atoms with Crippen LogP contribution in [0.1, 0.15) is 32.7 Å². The molecule has 152 valence electrons.